The average molecular weight is 357 g/mol. The Kier molecular flexibility index (Phi) is 3.95. The number of hydroxylamine groups is 2. The highest BCUT2D eigenvalue weighted by Gasteiger charge is 2.32. The van der Waals surface area contributed by atoms with Crippen molar-refractivity contribution >= 4 is 40.4 Å². The number of rotatable bonds is 3. The van der Waals surface area contributed by atoms with Crippen LogP contribution in [0.1, 0.15) is 18.4 Å². The Morgan fingerprint density at radius 2 is 1.72 bits per heavy atom. The van der Waals surface area contributed by atoms with Gasteiger partial charge in [0, 0.05) is 16.4 Å². The van der Waals surface area contributed by atoms with Crippen molar-refractivity contribution < 1.29 is 19.2 Å². The standard InChI is InChI=1S/C12H10INO4/c13-9-3-1-8(2-4-9)7-12(17)18-14-10(15)5-6-11(14)16/h1-4H,5-7H2/i13-2. The van der Waals surface area contributed by atoms with Gasteiger partial charge in [0.1, 0.15) is 0 Å². The number of imide groups is 1. The number of hydrogen-bond donors (Lipinski definition) is 0. The first-order valence-corrected chi connectivity index (χ1v) is 6.45. The quantitative estimate of drug-likeness (QED) is 0.607. The third kappa shape index (κ3) is 3.06. The van der Waals surface area contributed by atoms with Crippen LogP contribution in [-0.2, 0) is 25.6 Å². The molecule has 0 aliphatic carbocycles. The first kappa shape index (κ1) is 13.0. The summed E-state index contributed by atoms with van der Waals surface area (Å²) in [6.45, 7) is 0. The minimum Gasteiger partial charge on any atom is -0.330 e. The second-order valence-electron chi connectivity index (χ2n) is 3.85. The molecule has 94 valence electrons. The molecule has 2 rings (SSSR count). The summed E-state index contributed by atoms with van der Waals surface area (Å²) in [5.41, 5.74) is 0.777. The van der Waals surface area contributed by atoms with E-state index >= 15 is 0 Å². The Balaban J connectivity index is 1.94. The highest BCUT2D eigenvalue weighted by Crippen LogP contribution is 2.13. The SMILES string of the molecule is O=C(Cc1ccc([125I])cc1)ON1C(=O)CCC1=O. The fourth-order valence-electron chi connectivity index (χ4n) is 1.56. The summed E-state index contributed by atoms with van der Waals surface area (Å²) in [5.74, 6) is -1.54. The number of hydrogen-bond acceptors (Lipinski definition) is 4. The van der Waals surface area contributed by atoms with Crippen LogP contribution in [0.5, 0.6) is 0 Å². The molecule has 18 heavy (non-hydrogen) atoms. The van der Waals surface area contributed by atoms with Crippen LogP contribution in [-0.4, -0.2) is 22.8 Å². The van der Waals surface area contributed by atoms with Gasteiger partial charge in [-0.3, -0.25) is 9.59 Å². The molecule has 0 N–H and O–H groups in total. The number of carbonyl (C=O) groups is 3. The highest BCUT2D eigenvalue weighted by molar-refractivity contribution is 14.1. The molecule has 1 aliphatic heterocycles. The van der Waals surface area contributed by atoms with E-state index in [1.165, 1.54) is 0 Å². The lowest BCUT2D eigenvalue weighted by Gasteiger charge is -2.12. The lowest BCUT2D eigenvalue weighted by Crippen LogP contribution is -2.32. The maximum atomic E-state index is 11.6. The Labute approximate surface area is 117 Å². The van der Waals surface area contributed by atoms with Crippen molar-refractivity contribution in [1.82, 2.24) is 5.06 Å². The van der Waals surface area contributed by atoms with Gasteiger partial charge in [-0.25, -0.2) is 4.79 Å². The highest BCUT2D eigenvalue weighted by atomic mass is 125. The van der Waals surface area contributed by atoms with E-state index in [4.69, 9.17) is 4.84 Å². The van der Waals surface area contributed by atoms with Gasteiger partial charge in [0.25, 0.3) is 11.8 Å². The summed E-state index contributed by atoms with van der Waals surface area (Å²) in [4.78, 5) is 38.8. The van der Waals surface area contributed by atoms with Crippen LogP contribution < -0.4 is 0 Å². The van der Waals surface area contributed by atoms with Gasteiger partial charge < -0.3 is 4.84 Å². The maximum Gasteiger partial charge on any atom is 0.337 e. The summed E-state index contributed by atoms with van der Waals surface area (Å²) in [6.07, 6.45) is 0.249. The summed E-state index contributed by atoms with van der Waals surface area (Å²) in [5, 5.41) is 0.565. The summed E-state index contributed by atoms with van der Waals surface area (Å²) in [6, 6.07) is 7.35. The van der Waals surface area contributed by atoms with Gasteiger partial charge in [0.15, 0.2) is 0 Å². The summed E-state index contributed by atoms with van der Waals surface area (Å²) < 4.78 is 1.06. The zero-order chi connectivity index (χ0) is 13.1. The second kappa shape index (κ2) is 5.47. The van der Waals surface area contributed by atoms with Gasteiger partial charge >= 0.3 is 5.97 Å². The fourth-order valence-corrected chi connectivity index (χ4v) is 1.92. The average Bonchev–Trinajstić information content (AvgIpc) is 2.64. The van der Waals surface area contributed by atoms with Crippen molar-refractivity contribution in [3.63, 3.8) is 0 Å². The summed E-state index contributed by atoms with van der Waals surface area (Å²) >= 11 is 2.16. The lowest BCUT2D eigenvalue weighted by molar-refractivity contribution is -0.197. The molecular weight excluding hydrogens is 347 g/mol. The molecule has 0 aromatic heterocycles. The van der Waals surface area contributed by atoms with Crippen LogP contribution in [0.4, 0.5) is 0 Å². The largest absolute Gasteiger partial charge is 0.337 e. The molecular formula is C12H10INO4. The topological polar surface area (TPSA) is 63.7 Å². The normalized spacial score (nSPS) is 15.1. The minimum atomic E-state index is -0.611. The zero-order valence-corrected chi connectivity index (χ0v) is 11.5. The number of nitrogens with zero attached hydrogens (tertiary/aromatic N) is 1. The molecule has 1 aliphatic rings. The molecule has 0 bridgehead atoms. The molecule has 1 saturated heterocycles. The van der Waals surface area contributed by atoms with Gasteiger partial charge in [0.05, 0.1) is 6.42 Å². The van der Waals surface area contributed by atoms with Crippen LogP contribution >= 0.6 is 22.6 Å². The minimum absolute atomic E-state index is 0.0357. The molecule has 1 fully saturated rings. The van der Waals surface area contributed by atoms with E-state index in [0.29, 0.717) is 5.06 Å². The van der Waals surface area contributed by atoms with Gasteiger partial charge in [-0.1, -0.05) is 12.1 Å². The van der Waals surface area contributed by atoms with Crippen LogP contribution in [0, 0.1) is 3.57 Å². The number of benzene rings is 1. The number of amides is 2. The van der Waals surface area contributed by atoms with Crippen LogP contribution in [0.3, 0.4) is 0 Å². The van der Waals surface area contributed by atoms with E-state index in [9.17, 15) is 14.4 Å². The molecule has 0 radical (unpaired) electrons. The van der Waals surface area contributed by atoms with Gasteiger partial charge in [-0.2, -0.15) is 0 Å². The van der Waals surface area contributed by atoms with Gasteiger partial charge in [0.2, 0.25) is 0 Å². The van der Waals surface area contributed by atoms with Crippen molar-refractivity contribution in [3.05, 3.63) is 33.4 Å². The van der Waals surface area contributed by atoms with E-state index < -0.39 is 17.8 Å². The van der Waals surface area contributed by atoms with Crippen LogP contribution in [0.25, 0.3) is 0 Å². The van der Waals surface area contributed by atoms with Crippen molar-refractivity contribution in [2.75, 3.05) is 0 Å². The first-order chi connectivity index (χ1) is 8.56. The summed E-state index contributed by atoms with van der Waals surface area (Å²) in [7, 11) is 0. The van der Waals surface area contributed by atoms with Crippen molar-refractivity contribution in [2.45, 2.75) is 19.3 Å². The second-order valence-corrected chi connectivity index (χ2v) is 5.09. The molecule has 0 unspecified atom stereocenters. The Morgan fingerprint density at radius 1 is 1.17 bits per heavy atom. The van der Waals surface area contributed by atoms with Crippen LogP contribution in [0.2, 0.25) is 0 Å². The molecule has 0 saturated carbocycles. The predicted octanol–water partition coefficient (Wildman–Crippen LogP) is 1.44. The maximum absolute atomic E-state index is 11.6. The molecule has 2 amide bonds. The Bertz CT molecular complexity index is 481. The molecule has 1 aromatic rings. The molecule has 1 aromatic carbocycles. The first-order valence-electron chi connectivity index (χ1n) is 5.37. The molecule has 0 spiro atoms. The Morgan fingerprint density at radius 3 is 2.28 bits per heavy atom. The Hall–Kier alpha value is -1.44. The van der Waals surface area contributed by atoms with E-state index in [0.717, 1.165) is 9.13 Å². The van der Waals surface area contributed by atoms with E-state index in [1.54, 1.807) is 12.1 Å². The third-order valence-electron chi connectivity index (χ3n) is 2.46. The number of carbonyl (C=O) groups excluding carboxylic acids is 3. The van der Waals surface area contributed by atoms with Crippen molar-refractivity contribution in [2.24, 2.45) is 0 Å². The predicted molar refractivity (Wildman–Crippen MR) is 70.0 cm³/mol. The zero-order valence-electron chi connectivity index (χ0n) is 9.39. The van der Waals surface area contributed by atoms with Gasteiger partial charge in [-0.15, -0.1) is 5.06 Å². The van der Waals surface area contributed by atoms with E-state index in [1.807, 2.05) is 12.1 Å². The smallest absolute Gasteiger partial charge is 0.330 e. The lowest BCUT2D eigenvalue weighted by atomic mass is 10.2. The monoisotopic (exact) mass is 357 g/mol. The third-order valence-corrected chi connectivity index (χ3v) is 3.18. The molecule has 0 atom stereocenters. The van der Waals surface area contributed by atoms with E-state index in [2.05, 4.69) is 22.6 Å². The number of halogens is 1. The molecule has 1 heterocycles. The fraction of sp³-hybridized carbons (Fsp3) is 0.250. The molecule has 6 heteroatoms. The van der Waals surface area contributed by atoms with Crippen molar-refractivity contribution in [1.29, 1.82) is 0 Å². The van der Waals surface area contributed by atoms with Gasteiger partial charge in [-0.05, 0) is 40.3 Å². The van der Waals surface area contributed by atoms with Crippen molar-refractivity contribution in [3.8, 4) is 0 Å². The molecule has 5 nitrogen and oxygen atoms in total. The van der Waals surface area contributed by atoms with E-state index in [-0.39, 0.29) is 19.3 Å². The van der Waals surface area contributed by atoms with Crippen LogP contribution in [0.15, 0.2) is 24.3 Å².